The SMILES string of the molecule is COc1ccc(CN2CCCCO2)cc1OCC(O)CN1CCC2(CCOCC2)C1. The Labute approximate surface area is 179 Å². The predicted octanol–water partition coefficient (Wildman–Crippen LogP) is 2.46. The van der Waals surface area contributed by atoms with Crippen LogP contribution in [0.1, 0.15) is 37.7 Å². The Morgan fingerprint density at radius 3 is 2.73 bits per heavy atom. The summed E-state index contributed by atoms with van der Waals surface area (Å²) in [6, 6.07) is 5.96. The molecule has 3 saturated heterocycles. The van der Waals surface area contributed by atoms with E-state index in [2.05, 4.69) is 4.90 Å². The maximum absolute atomic E-state index is 10.6. The smallest absolute Gasteiger partial charge is 0.161 e. The Bertz CT molecular complexity index is 674. The summed E-state index contributed by atoms with van der Waals surface area (Å²) in [5.41, 5.74) is 1.51. The minimum absolute atomic E-state index is 0.257. The van der Waals surface area contributed by atoms with Crippen LogP contribution in [-0.2, 0) is 16.1 Å². The molecule has 168 valence electrons. The van der Waals surface area contributed by atoms with Gasteiger partial charge in [0.25, 0.3) is 0 Å². The Morgan fingerprint density at radius 1 is 1.10 bits per heavy atom. The molecule has 3 aliphatic rings. The van der Waals surface area contributed by atoms with Crippen LogP contribution in [0.4, 0.5) is 0 Å². The minimum atomic E-state index is -0.529. The lowest BCUT2D eigenvalue weighted by atomic mass is 9.80. The summed E-state index contributed by atoms with van der Waals surface area (Å²) < 4.78 is 17.0. The molecule has 0 aromatic heterocycles. The highest BCUT2D eigenvalue weighted by Gasteiger charge is 2.39. The molecule has 3 heterocycles. The van der Waals surface area contributed by atoms with Crippen LogP contribution < -0.4 is 9.47 Å². The van der Waals surface area contributed by atoms with Crippen LogP contribution in [-0.4, -0.2) is 80.9 Å². The Kier molecular flexibility index (Phi) is 7.49. The van der Waals surface area contributed by atoms with E-state index in [1.54, 1.807) is 7.11 Å². The van der Waals surface area contributed by atoms with Gasteiger partial charge in [-0.05, 0) is 61.8 Å². The molecule has 1 unspecified atom stereocenters. The average Bonchev–Trinajstić information content (AvgIpc) is 3.15. The van der Waals surface area contributed by atoms with Gasteiger partial charge < -0.3 is 24.2 Å². The molecule has 3 aliphatic heterocycles. The third kappa shape index (κ3) is 5.65. The summed E-state index contributed by atoms with van der Waals surface area (Å²) in [5.74, 6) is 1.36. The van der Waals surface area contributed by atoms with E-state index in [-0.39, 0.29) is 6.61 Å². The van der Waals surface area contributed by atoms with E-state index in [4.69, 9.17) is 19.0 Å². The molecule has 1 aromatic rings. The van der Waals surface area contributed by atoms with E-state index in [9.17, 15) is 5.11 Å². The third-order valence-corrected chi connectivity index (χ3v) is 6.63. The van der Waals surface area contributed by atoms with E-state index < -0.39 is 6.10 Å². The molecule has 1 aromatic carbocycles. The molecular formula is C23H36N2O5. The summed E-state index contributed by atoms with van der Waals surface area (Å²) in [4.78, 5) is 8.08. The number of benzene rings is 1. The van der Waals surface area contributed by atoms with Crippen LogP contribution in [0.2, 0.25) is 0 Å². The maximum atomic E-state index is 10.6. The molecule has 0 bridgehead atoms. The van der Waals surface area contributed by atoms with Crippen molar-refractivity contribution in [3.05, 3.63) is 23.8 Å². The molecule has 30 heavy (non-hydrogen) atoms. The number of rotatable bonds is 8. The van der Waals surface area contributed by atoms with Crippen LogP contribution in [0.15, 0.2) is 18.2 Å². The van der Waals surface area contributed by atoms with Gasteiger partial charge in [0.2, 0.25) is 0 Å². The van der Waals surface area contributed by atoms with Gasteiger partial charge in [0.1, 0.15) is 12.7 Å². The zero-order chi connectivity index (χ0) is 20.8. The molecule has 1 spiro atoms. The number of hydrogen-bond acceptors (Lipinski definition) is 7. The average molecular weight is 421 g/mol. The fourth-order valence-electron chi connectivity index (χ4n) is 4.84. The van der Waals surface area contributed by atoms with Crippen molar-refractivity contribution in [2.45, 2.75) is 44.8 Å². The highest BCUT2D eigenvalue weighted by molar-refractivity contribution is 5.43. The Morgan fingerprint density at radius 2 is 1.97 bits per heavy atom. The fourth-order valence-corrected chi connectivity index (χ4v) is 4.84. The lowest BCUT2D eigenvalue weighted by Crippen LogP contribution is -2.37. The Balaban J connectivity index is 1.28. The first-order valence-electron chi connectivity index (χ1n) is 11.3. The monoisotopic (exact) mass is 420 g/mol. The van der Waals surface area contributed by atoms with Crippen molar-refractivity contribution in [1.29, 1.82) is 0 Å². The van der Waals surface area contributed by atoms with E-state index in [1.807, 2.05) is 23.3 Å². The topological polar surface area (TPSA) is 63.6 Å². The molecule has 0 amide bonds. The molecule has 0 aliphatic carbocycles. The molecule has 1 atom stereocenters. The summed E-state index contributed by atoms with van der Waals surface area (Å²) in [7, 11) is 1.64. The number of aliphatic hydroxyl groups is 1. The fraction of sp³-hybridized carbons (Fsp3) is 0.739. The number of hydrogen-bond donors (Lipinski definition) is 1. The maximum Gasteiger partial charge on any atom is 0.161 e. The zero-order valence-electron chi connectivity index (χ0n) is 18.2. The summed E-state index contributed by atoms with van der Waals surface area (Å²) in [6.07, 6.45) is 5.24. The third-order valence-electron chi connectivity index (χ3n) is 6.63. The van der Waals surface area contributed by atoms with E-state index >= 15 is 0 Å². The van der Waals surface area contributed by atoms with Crippen molar-refractivity contribution in [2.75, 3.05) is 59.7 Å². The first kappa shape index (κ1) is 21.8. The predicted molar refractivity (Wildman–Crippen MR) is 114 cm³/mol. The van der Waals surface area contributed by atoms with Crippen LogP contribution in [0, 0.1) is 5.41 Å². The quantitative estimate of drug-likeness (QED) is 0.693. The van der Waals surface area contributed by atoms with Crippen LogP contribution in [0.3, 0.4) is 0 Å². The number of hydroxylamine groups is 2. The van der Waals surface area contributed by atoms with Crippen LogP contribution >= 0.6 is 0 Å². The van der Waals surface area contributed by atoms with Crippen molar-refractivity contribution in [3.8, 4) is 11.5 Å². The molecule has 4 rings (SSSR count). The summed E-state index contributed by atoms with van der Waals surface area (Å²) in [6.45, 7) is 7.21. The zero-order valence-corrected chi connectivity index (χ0v) is 18.2. The van der Waals surface area contributed by atoms with Gasteiger partial charge in [-0.25, -0.2) is 0 Å². The van der Waals surface area contributed by atoms with Crippen molar-refractivity contribution in [3.63, 3.8) is 0 Å². The van der Waals surface area contributed by atoms with E-state index in [0.717, 1.165) is 77.2 Å². The van der Waals surface area contributed by atoms with Crippen molar-refractivity contribution < 1.29 is 24.2 Å². The number of likely N-dealkylation sites (tertiary alicyclic amines) is 1. The second kappa shape index (κ2) is 10.3. The molecule has 3 fully saturated rings. The summed E-state index contributed by atoms with van der Waals surface area (Å²) in [5, 5.41) is 12.6. The second-order valence-corrected chi connectivity index (χ2v) is 8.95. The molecular weight excluding hydrogens is 384 g/mol. The summed E-state index contributed by atoms with van der Waals surface area (Å²) >= 11 is 0. The van der Waals surface area contributed by atoms with E-state index in [1.165, 1.54) is 6.42 Å². The first-order chi connectivity index (χ1) is 14.7. The lowest BCUT2D eigenvalue weighted by Gasteiger charge is -2.33. The number of nitrogens with zero attached hydrogens (tertiary/aromatic N) is 2. The highest BCUT2D eigenvalue weighted by Crippen LogP contribution is 2.39. The number of ether oxygens (including phenoxy) is 3. The van der Waals surface area contributed by atoms with Gasteiger partial charge in [0, 0.05) is 39.4 Å². The van der Waals surface area contributed by atoms with E-state index in [0.29, 0.717) is 23.5 Å². The molecule has 7 heteroatoms. The molecule has 0 radical (unpaired) electrons. The number of aliphatic hydroxyl groups excluding tert-OH is 1. The van der Waals surface area contributed by atoms with Gasteiger partial charge in [0.15, 0.2) is 11.5 Å². The van der Waals surface area contributed by atoms with Gasteiger partial charge in [-0.2, -0.15) is 5.06 Å². The number of methoxy groups -OCH3 is 1. The molecule has 1 N–H and O–H groups in total. The standard InChI is InChI=1S/C23H36N2O5/c1-27-21-5-4-19(15-25-9-2-3-11-30-25)14-22(21)29-17-20(26)16-24-10-6-23(18-24)7-12-28-13-8-23/h4-5,14,20,26H,2-3,6-13,15-18H2,1H3. The van der Waals surface area contributed by atoms with Crippen molar-refractivity contribution in [2.24, 2.45) is 5.41 Å². The van der Waals surface area contributed by atoms with Gasteiger partial charge in [-0.15, -0.1) is 0 Å². The molecule has 0 saturated carbocycles. The minimum Gasteiger partial charge on any atom is -0.493 e. The van der Waals surface area contributed by atoms with Gasteiger partial charge in [0.05, 0.1) is 13.7 Å². The first-order valence-corrected chi connectivity index (χ1v) is 11.3. The van der Waals surface area contributed by atoms with Gasteiger partial charge >= 0.3 is 0 Å². The van der Waals surface area contributed by atoms with Gasteiger partial charge in [-0.3, -0.25) is 4.84 Å². The lowest BCUT2D eigenvalue weighted by molar-refractivity contribution is -0.187. The largest absolute Gasteiger partial charge is 0.493 e. The van der Waals surface area contributed by atoms with Gasteiger partial charge in [-0.1, -0.05) is 6.07 Å². The molecule has 7 nitrogen and oxygen atoms in total. The second-order valence-electron chi connectivity index (χ2n) is 8.95. The van der Waals surface area contributed by atoms with Crippen LogP contribution in [0.25, 0.3) is 0 Å². The van der Waals surface area contributed by atoms with Crippen LogP contribution in [0.5, 0.6) is 11.5 Å². The van der Waals surface area contributed by atoms with Crippen molar-refractivity contribution in [1.82, 2.24) is 9.96 Å². The van der Waals surface area contributed by atoms with Crippen molar-refractivity contribution >= 4 is 0 Å². The highest BCUT2D eigenvalue weighted by atomic mass is 16.7. The normalized spacial score (nSPS) is 23.5. The number of β-amino-alcohol motifs (C(OH)–C–C–N with tert-alkyl or cyclic N) is 1. The Hall–Kier alpha value is -1.38.